The summed E-state index contributed by atoms with van der Waals surface area (Å²) >= 11 is 0. The van der Waals surface area contributed by atoms with Crippen molar-refractivity contribution in [3.8, 4) is 17.2 Å². The van der Waals surface area contributed by atoms with Crippen LogP contribution in [0.4, 0.5) is 17.2 Å². The molecule has 0 fully saturated rings. The van der Waals surface area contributed by atoms with Crippen LogP contribution in [0.15, 0.2) is 61.1 Å². The number of ether oxygens (including phenoxy) is 2. The lowest BCUT2D eigenvalue weighted by molar-refractivity contribution is 0.373. The van der Waals surface area contributed by atoms with Crippen molar-refractivity contribution >= 4 is 17.2 Å². The van der Waals surface area contributed by atoms with Gasteiger partial charge in [0.2, 0.25) is 0 Å². The molecule has 1 N–H and O–H groups in total. The van der Waals surface area contributed by atoms with Crippen LogP contribution in [0.1, 0.15) is 0 Å². The van der Waals surface area contributed by atoms with Crippen molar-refractivity contribution in [2.75, 3.05) is 19.1 Å². The molecule has 0 saturated heterocycles. The Hall–Kier alpha value is -3.28. The van der Waals surface area contributed by atoms with Gasteiger partial charge in [0.25, 0.3) is 0 Å². The van der Waals surface area contributed by atoms with Gasteiger partial charge in [-0.25, -0.2) is 9.97 Å². The molecule has 2 aromatic carbocycles. The number of nitrogens with zero attached hydrogens (tertiary/aromatic N) is 3. The third-order valence-corrected chi connectivity index (χ3v) is 3.54. The molecule has 6 heteroatoms. The second kappa shape index (κ2) is 6.87. The molecule has 0 aliphatic carbocycles. The molecule has 0 spiro atoms. The first-order chi connectivity index (χ1) is 11.7. The predicted molar refractivity (Wildman–Crippen MR) is 91.5 cm³/mol. The summed E-state index contributed by atoms with van der Waals surface area (Å²) in [5.74, 6) is 1.82. The Morgan fingerprint density at radius 1 is 0.958 bits per heavy atom. The van der Waals surface area contributed by atoms with Gasteiger partial charge in [0.1, 0.15) is 17.9 Å². The number of methoxy groups -OCH3 is 2. The van der Waals surface area contributed by atoms with E-state index in [1.165, 1.54) is 13.4 Å². The van der Waals surface area contributed by atoms with Gasteiger partial charge in [0, 0.05) is 12.3 Å². The number of rotatable bonds is 5. The smallest absolute Gasteiger partial charge is 0.162 e. The van der Waals surface area contributed by atoms with Crippen molar-refractivity contribution in [1.82, 2.24) is 9.97 Å². The highest BCUT2D eigenvalue weighted by molar-refractivity contribution is 5.79. The van der Waals surface area contributed by atoms with E-state index in [4.69, 9.17) is 9.47 Å². The fourth-order valence-electron chi connectivity index (χ4n) is 2.43. The number of phenols is 1. The van der Waals surface area contributed by atoms with Gasteiger partial charge in [-0.1, -0.05) is 12.1 Å². The fraction of sp³-hybridized carbons (Fsp3) is 0.111. The van der Waals surface area contributed by atoms with Crippen molar-refractivity contribution in [3.05, 3.63) is 61.1 Å². The maximum absolute atomic E-state index is 9.86. The van der Waals surface area contributed by atoms with Crippen molar-refractivity contribution in [2.24, 2.45) is 0 Å². The number of para-hydroxylation sites is 2. The Kier molecular flexibility index (Phi) is 4.47. The molecule has 0 unspecified atom stereocenters. The van der Waals surface area contributed by atoms with E-state index in [2.05, 4.69) is 9.97 Å². The highest BCUT2D eigenvalue weighted by atomic mass is 16.5. The summed E-state index contributed by atoms with van der Waals surface area (Å²) in [6.45, 7) is 0. The monoisotopic (exact) mass is 323 g/mol. The summed E-state index contributed by atoms with van der Waals surface area (Å²) in [6.07, 6.45) is 3.15. The van der Waals surface area contributed by atoms with Crippen LogP contribution >= 0.6 is 0 Å². The van der Waals surface area contributed by atoms with Gasteiger partial charge in [-0.2, -0.15) is 0 Å². The van der Waals surface area contributed by atoms with Crippen LogP contribution in [0.3, 0.4) is 0 Å². The second-order valence-corrected chi connectivity index (χ2v) is 4.93. The van der Waals surface area contributed by atoms with E-state index in [9.17, 15) is 5.11 Å². The minimum atomic E-state index is 0.0731. The number of aromatic hydroxyl groups is 1. The topological polar surface area (TPSA) is 67.7 Å². The molecule has 6 nitrogen and oxygen atoms in total. The lowest BCUT2D eigenvalue weighted by Gasteiger charge is -2.26. The van der Waals surface area contributed by atoms with Crippen molar-refractivity contribution < 1.29 is 14.6 Å². The summed E-state index contributed by atoms with van der Waals surface area (Å²) in [5, 5.41) is 9.86. The average molecular weight is 323 g/mol. The first-order valence-electron chi connectivity index (χ1n) is 7.30. The Morgan fingerprint density at radius 2 is 1.75 bits per heavy atom. The van der Waals surface area contributed by atoms with Crippen molar-refractivity contribution in [2.45, 2.75) is 0 Å². The molecule has 0 amide bonds. The minimum Gasteiger partial charge on any atom is -0.504 e. The van der Waals surface area contributed by atoms with Crippen molar-refractivity contribution in [3.63, 3.8) is 0 Å². The highest BCUT2D eigenvalue weighted by Gasteiger charge is 2.18. The SMILES string of the molecule is COc1cc(N(c2ccncn2)c2ccccc2OC)ccc1O. The van der Waals surface area contributed by atoms with E-state index in [0.717, 1.165) is 11.4 Å². The van der Waals surface area contributed by atoms with Gasteiger partial charge in [0.15, 0.2) is 11.5 Å². The lowest BCUT2D eigenvalue weighted by atomic mass is 10.2. The van der Waals surface area contributed by atoms with Crippen molar-refractivity contribution in [1.29, 1.82) is 0 Å². The zero-order valence-electron chi connectivity index (χ0n) is 13.4. The van der Waals surface area contributed by atoms with Gasteiger partial charge >= 0.3 is 0 Å². The molecule has 0 radical (unpaired) electrons. The molecule has 3 aromatic rings. The molecule has 0 saturated carbocycles. The number of benzene rings is 2. The zero-order chi connectivity index (χ0) is 16.9. The summed E-state index contributed by atoms with van der Waals surface area (Å²) < 4.78 is 10.7. The minimum absolute atomic E-state index is 0.0731. The van der Waals surface area contributed by atoms with E-state index in [1.54, 1.807) is 37.6 Å². The molecular weight excluding hydrogens is 306 g/mol. The number of hydrogen-bond acceptors (Lipinski definition) is 6. The van der Waals surface area contributed by atoms with Gasteiger partial charge in [0.05, 0.1) is 25.6 Å². The normalized spacial score (nSPS) is 10.2. The second-order valence-electron chi connectivity index (χ2n) is 4.93. The number of hydrogen-bond donors (Lipinski definition) is 1. The van der Waals surface area contributed by atoms with Crippen LogP contribution < -0.4 is 14.4 Å². The standard InChI is InChI=1S/C18H17N3O3/c1-23-16-6-4-3-5-14(16)21(18-9-10-19-12-20-18)13-7-8-15(22)17(11-13)24-2/h3-12,22H,1-2H3. The molecule has 0 bridgehead atoms. The number of anilines is 3. The van der Waals surface area contributed by atoms with E-state index in [-0.39, 0.29) is 5.75 Å². The Balaban J connectivity index is 2.20. The molecule has 3 rings (SSSR count). The average Bonchev–Trinajstić information content (AvgIpc) is 2.64. The van der Waals surface area contributed by atoms with E-state index < -0.39 is 0 Å². The van der Waals surface area contributed by atoms with Crippen LogP contribution in [0.5, 0.6) is 17.2 Å². The molecule has 0 aliphatic rings. The van der Waals surface area contributed by atoms with E-state index in [1.807, 2.05) is 29.2 Å². The van der Waals surface area contributed by atoms with Crippen LogP contribution in [0.2, 0.25) is 0 Å². The molecule has 0 atom stereocenters. The third-order valence-electron chi connectivity index (χ3n) is 3.54. The molecule has 1 aromatic heterocycles. The first-order valence-corrected chi connectivity index (χ1v) is 7.30. The number of phenolic OH excluding ortho intramolecular Hbond substituents is 1. The Labute approximate surface area is 139 Å². The van der Waals surface area contributed by atoms with Crippen LogP contribution in [0, 0.1) is 0 Å². The summed E-state index contributed by atoms with van der Waals surface area (Å²) in [6, 6.07) is 14.5. The third kappa shape index (κ3) is 2.94. The largest absolute Gasteiger partial charge is 0.504 e. The summed E-state index contributed by atoms with van der Waals surface area (Å²) in [7, 11) is 3.13. The van der Waals surface area contributed by atoms with Crippen LogP contribution in [-0.2, 0) is 0 Å². The number of aromatic nitrogens is 2. The highest BCUT2D eigenvalue weighted by Crippen LogP contribution is 2.41. The van der Waals surface area contributed by atoms with Gasteiger partial charge in [-0.15, -0.1) is 0 Å². The maximum Gasteiger partial charge on any atom is 0.162 e. The van der Waals surface area contributed by atoms with Gasteiger partial charge in [-0.3, -0.25) is 4.90 Å². The zero-order valence-corrected chi connectivity index (χ0v) is 13.4. The quantitative estimate of drug-likeness (QED) is 0.773. The Morgan fingerprint density at radius 3 is 2.46 bits per heavy atom. The van der Waals surface area contributed by atoms with E-state index in [0.29, 0.717) is 17.3 Å². The molecular formula is C18H17N3O3. The van der Waals surface area contributed by atoms with Gasteiger partial charge in [-0.05, 0) is 30.3 Å². The van der Waals surface area contributed by atoms with E-state index >= 15 is 0 Å². The lowest BCUT2D eigenvalue weighted by Crippen LogP contribution is -2.12. The van der Waals surface area contributed by atoms with Crippen LogP contribution in [0.25, 0.3) is 0 Å². The summed E-state index contributed by atoms with van der Waals surface area (Å²) in [5.41, 5.74) is 1.58. The molecule has 1 heterocycles. The Bertz CT molecular complexity index is 825. The molecule has 0 aliphatic heterocycles. The molecule has 24 heavy (non-hydrogen) atoms. The molecule has 122 valence electrons. The maximum atomic E-state index is 9.86. The van der Waals surface area contributed by atoms with Gasteiger partial charge < -0.3 is 14.6 Å². The first kappa shape index (κ1) is 15.6. The van der Waals surface area contributed by atoms with Crippen LogP contribution in [-0.4, -0.2) is 29.3 Å². The summed E-state index contributed by atoms with van der Waals surface area (Å²) in [4.78, 5) is 10.2. The fourth-order valence-corrected chi connectivity index (χ4v) is 2.43. The predicted octanol–water partition coefficient (Wildman–Crippen LogP) is 3.67.